The Morgan fingerprint density at radius 2 is 2.24 bits per heavy atom. The van der Waals surface area contributed by atoms with Crippen LogP contribution in [0.3, 0.4) is 0 Å². The largest absolute Gasteiger partial charge is 0.340 e. The van der Waals surface area contributed by atoms with Crippen LogP contribution in [0.5, 0.6) is 0 Å². The molecular formula is C21H22FN5OS. The van der Waals surface area contributed by atoms with Gasteiger partial charge in [-0.2, -0.15) is 0 Å². The minimum Gasteiger partial charge on any atom is -0.340 e. The molecule has 150 valence electrons. The van der Waals surface area contributed by atoms with E-state index in [-0.39, 0.29) is 11.7 Å². The van der Waals surface area contributed by atoms with E-state index in [9.17, 15) is 9.18 Å². The summed E-state index contributed by atoms with van der Waals surface area (Å²) in [6.45, 7) is 3.64. The fraction of sp³-hybridized carbons (Fsp3) is 0.286. The molecule has 3 aromatic rings. The van der Waals surface area contributed by atoms with Crippen LogP contribution in [0.4, 0.5) is 15.9 Å². The van der Waals surface area contributed by atoms with E-state index in [4.69, 9.17) is 0 Å². The van der Waals surface area contributed by atoms with E-state index in [2.05, 4.69) is 20.6 Å². The van der Waals surface area contributed by atoms with Crippen molar-refractivity contribution in [3.63, 3.8) is 0 Å². The van der Waals surface area contributed by atoms with Crippen molar-refractivity contribution in [2.75, 3.05) is 25.5 Å². The zero-order valence-corrected chi connectivity index (χ0v) is 17.1. The van der Waals surface area contributed by atoms with Crippen molar-refractivity contribution >= 4 is 39.0 Å². The van der Waals surface area contributed by atoms with Crippen molar-refractivity contribution in [3.8, 4) is 0 Å². The maximum absolute atomic E-state index is 13.6. The molecular weight excluding hydrogens is 389 g/mol. The molecule has 4 rings (SSSR count). The van der Waals surface area contributed by atoms with Crippen molar-refractivity contribution in [2.24, 2.45) is 0 Å². The summed E-state index contributed by atoms with van der Waals surface area (Å²) in [4.78, 5) is 25.2. The number of nitrogens with zero attached hydrogens (tertiary/aromatic N) is 3. The highest BCUT2D eigenvalue weighted by Gasteiger charge is 2.25. The van der Waals surface area contributed by atoms with E-state index in [0.717, 1.165) is 27.2 Å². The lowest BCUT2D eigenvalue weighted by Gasteiger charge is -2.26. The Kier molecular flexibility index (Phi) is 5.55. The van der Waals surface area contributed by atoms with Gasteiger partial charge in [-0.1, -0.05) is 6.08 Å². The van der Waals surface area contributed by atoms with Crippen LogP contribution in [0.2, 0.25) is 0 Å². The summed E-state index contributed by atoms with van der Waals surface area (Å²) in [7, 11) is 1.85. The summed E-state index contributed by atoms with van der Waals surface area (Å²) in [5.41, 5.74) is 2.55. The van der Waals surface area contributed by atoms with Crippen LogP contribution < -0.4 is 10.6 Å². The number of hydrogen-bond acceptors (Lipinski definition) is 6. The second-order valence-corrected chi connectivity index (χ2v) is 8.05. The lowest BCUT2D eigenvalue weighted by atomic mass is 10.0. The average Bonchev–Trinajstić information content (AvgIpc) is 3.09. The van der Waals surface area contributed by atoms with E-state index in [1.54, 1.807) is 36.5 Å². The fourth-order valence-corrected chi connectivity index (χ4v) is 4.66. The van der Waals surface area contributed by atoms with Crippen LogP contribution in [-0.4, -0.2) is 40.9 Å². The highest BCUT2D eigenvalue weighted by Crippen LogP contribution is 2.38. The summed E-state index contributed by atoms with van der Waals surface area (Å²) >= 11 is 1.60. The van der Waals surface area contributed by atoms with E-state index in [1.807, 2.05) is 18.0 Å². The third-order valence-electron chi connectivity index (χ3n) is 4.95. The Morgan fingerprint density at radius 3 is 3.03 bits per heavy atom. The number of carbonyl (C=O) groups is 1. The van der Waals surface area contributed by atoms with Crippen LogP contribution in [0.1, 0.15) is 16.0 Å². The smallest absolute Gasteiger partial charge is 0.246 e. The molecule has 2 N–H and O–H groups in total. The molecule has 0 bridgehead atoms. The zero-order chi connectivity index (χ0) is 20.4. The first kappa shape index (κ1) is 19.5. The molecule has 2 aromatic heterocycles. The molecule has 29 heavy (non-hydrogen) atoms. The SMILES string of the molecule is CNC/C=C/C(=O)N1CCc2c(sc3ncnc(Nc4ccc(F)c(C)c4)c23)C1. The lowest BCUT2D eigenvalue weighted by molar-refractivity contribution is -0.126. The normalized spacial score (nSPS) is 13.8. The number of likely N-dealkylation sites (N-methyl/N-ethyl adjacent to an activating group) is 1. The average molecular weight is 412 g/mol. The van der Waals surface area contributed by atoms with Gasteiger partial charge in [0.25, 0.3) is 0 Å². The molecule has 0 saturated carbocycles. The Balaban J connectivity index is 1.62. The molecule has 0 aliphatic carbocycles. The second kappa shape index (κ2) is 8.26. The number of hydrogen-bond donors (Lipinski definition) is 2. The van der Waals surface area contributed by atoms with E-state index in [1.165, 1.54) is 18.0 Å². The van der Waals surface area contributed by atoms with Gasteiger partial charge in [-0.15, -0.1) is 11.3 Å². The van der Waals surface area contributed by atoms with Crippen molar-refractivity contribution in [2.45, 2.75) is 19.9 Å². The maximum atomic E-state index is 13.6. The highest BCUT2D eigenvalue weighted by atomic mass is 32.1. The van der Waals surface area contributed by atoms with Gasteiger partial charge in [-0.05, 0) is 49.7 Å². The van der Waals surface area contributed by atoms with E-state index >= 15 is 0 Å². The summed E-state index contributed by atoms with van der Waals surface area (Å²) in [6.07, 6.45) is 5.75. The molecule has 6 nitrogen and oxygen atoms in total. The van der Waals surface area contributed by atoms with Crippen molar-refractivity contribution in [1.82, 2.24) is 20.2 Å². The number of amides is 1. The molecule has 1 amide bonds. The van der Waals surface area contributed by atoms with Crippen LogP contribution in [0.15, 0.2) is 36.7 Å². The number of benzene rings is 1. The van der Waals surface area contributed by atoms with E-state index < -0.39 is 0 Å². The van der Waals surface area contributed by atoms with Gasteiger partial charge in [0.15, 0.2) is 0 Å². The van der Waals surface area contributed by atoms with Gasteiger partial charge < -0.3 is 15.5 Å². The number of fused-ring (bicyclic) bond motifs is 3. The molecule has 0 radical (unpaired) electrons. The summed E-state index contributed by atoms with van der Waals surface area (Å²) in [5, 5.41) is 7.30. The van der Waals surface area contributed by atoms with Gasteiger partial charge in [0.1, 0.15) is 22.8 Å². The van der Waals surface area contributed by atoms with Gasteiger partial charge in [-0.25, -0.2) is 14.4 Å². The third kappa shape index (κ3) is 3.99. The molecule has 3 heterocycles. The van der Waals surface area contributed by atoms with Crippen LogP contribution in [-0.2, 0) is 17.8 Å². The van der Waals surface area contributed by atoms with Crippen molar-refractivity contribution < 1.29 is 9.18 Å². The minimum absolute atomic E-state index is 0.0228. The first-order valence-electron chi connectivity index (χ1n) is 9.45. The predicted molar refractivity (Wildman–Crippen MR) is 114 cm³/mol. The number of carbonyl (C=O) groups excluding carboxylic acids is 1. The summed E-state index contributed by atoms with van der Waals surface area (Å²) in [6, 6.07) is 4.91. The number of nitrogens with one attached hydrogen (secondary N) is 2. The second-order valence-electron chi connectivity index (χ2n) is 6.97. The Bertz CT molecular complexity index is 1090. The minimum atomic E-state index is -0.232. The number of halogens is 1. The molecule has 1 aromatic carbocycles. The van der Waals surface area contributed by atoms with Gasteiger partial charge >= 0.3 is 0 Å². The zero-order valence-electron chi connectivity index (χ0n) is 16.3. The van der Waals surface area contributed by atoms with Gasteiger partial charge in [0.05, 0.1) is 11.9 Å². The number of thiophene rings is 1. The summed E-state index contributed by atoms with van der Waals surface area (Å²) in [5.74, 6) is 0.506. The number of anilines is 2. The Hall–Kier alpha value is -2.84. The van der Waals surface area contributed by atoms with Crippen LogP contribution >= 0.6 is 11.3 Å². The maximum Gasteiger partial charge on any atom is 0.246 e. The monoisotopic (exact) mass is 411 g/mol. The number of aryl methyl sites for hydroxylation is 1. The topological polar surface area (TPSA) is 70.2 Å². The number of aromatic nitrogens is 2. The third-order valence-corrected chi connectivity index (χ3v) is 6.08. The Morgan fingerprint density at radius 1 is 1.38 bits per heavy atom. The fourth-order valence-electron chi connectivity index (χ4n) is 3.45. The first-order chi connectivity index (χ1) is 14.1. The molecule has 8 heteroatoms. The van der Waals surface area contributed by atoms with Crippen molar-refractivity contribution in [1.29, 1.82) is 0 Å². The van der Waals surface area contributed by atoms with Gasteiger partial charge in [0, 0.05) is 29.7 Å². The molecule has 0 atom stereocenters. The number of rotatable bonds is 5. The van der Waals surface area contributed by atoms with Gasteiger partial charge in [0.2, 0.25) is 5.91 Å². The van der Waals surface area contributed by atoms with Crippen molar-refractivity contribution in [3.05, 3.63) is 58.5 Å². The lowest BCUT2D eigenvalue weighted by Crippen LogP contribution is -2.34. The molecule has 0 unspecified atom stereocenters. The molecule has 0 fully saturated rings. The highest BCUT2D eigenvalue weighted by molar-refractivity contribution is 7.19. The molecule has 1 aliphatic heterocycles. The van der Waals surface area contributed by atoms with Gasteiger partial charge in [-0.3, -0.25) is 4.79 Å². The molecule has 0 spiro atoms. The standard InChI is InChI=1S/C21H22FN5OS/c1-13-10-14(5-6-16(13)22)26-20-19-15-7-9-27(18(28)4-3-8-23-2)11-17(15)29-21(19)25-12-24-20/h3-6,10,12,23H,7-9,11H2,1-2H3,(H,24,25,26)/b4-3+. The molecule has 0 saturated heterocycles. The van der Waals surface area contributed by atoms with E-state index in [0.29, 0.717) is 31.0 Å². The predicted octanol–water partition coefficient (Wildman–Crippen LogP) is 3.54. The van der Waals surface area contributed by atoms with Crippen LogP contribution in [0.25, 0.3) is 10.2 Å². The quantitative estimate of drug-likeness (QED) is 0.629. The van der Waals surface area contributed by atoms with Crippen LogP contribution in [0, 0.1) is 12.7 Å². The summed E-state index contributed by atoms with van der Waals surface area (Å²) < 4.78 is 13.6. The molecule has 1 aliphatic rings. The first-order valence-corrected chi connectivity index (χ1v) is 10.3. The Labute approximate surface area is 172 Å².